The third-order valence-corrected chi connectivity index (χ3v) is 13.1. The van der Waals surface area contributed by atoms with Gasteiger partial charge in [-0.2, -0.15) is 18.4 Å². The van der Waals surface area contributed by atoms with Crippen LogP contribution in [0.2, 0.25) is 0 Å². The van der Waals surface area contributed by atoms with Gasteiger partial charge in [-0.15, -0.1) is 15.3 Å². The summed E-state index contributed by atoms with van der Waals surface area (Å²) in [6, 6.07) is 37.1. The number of hydrogen-bond acceptors (Lipinski definition) is 12. The Bertz CT molecular complexity index is 2890. The van der Waals surface area contributed by atoms with Crippen LogP contribution in [0.25, 0.3) is 22.3 Å². The number of carbonyl (C=O) groups is 3. The molecule has 2 aromatic heterocycles. The van der Waals surface area contributed by atoms with Gasteiger partial charge in [-0.25, -0.2) is 19.1 Å². The molecule has 68 heavy (non-hydrogen) atoms. The van der Waals surface area contributed by atoms with Gasteiger partial charge in [-0.1, -0.05) is 77.3 Å². The van der Waals surface area contributed by atoms with Gasteiger partial charge in [0.15, 0.2) is 5.03 Å². The van der Waals surface area contributed by atoms with E-state index in [1.165, 1.54) is 70.0 Å². The highest BCUT2D eigenvalue weighted by Gasteiger charge is 2.38. The predicted molar refractivity (Wildman–Crippen MR) is 251 cm³/mol. The zero-order valence-corrected chi connectivity index (χ0v) is 38.5. The average molecular weight is 967 g/mol. The number of H-pyrrole nitrogens is 1. The van der Waals surface area contributed by atoms with Gasteiger partial charge < -0.3 is 29.9 Å². The van der Waals surface area contributed by atoms with Gasteiger partial charge in [0.1, 0.15) is 10.8 Å². The molecule has 4 heterocycles. The number of carboxylic acid groups (broad SMARTS) is 3. The number of rotatable bonds is 11. The first-order valence-corrected chi connectivity index (χ1v) is 22.7. The van der Waals surface area contributed by atoms with Crippen molar-refractivity contribution >= 4 is 52.8 Å². The number of nitrogens with zero attached hydrogens (tertiary/aromatic N) is 7. The number of aromatic nitrogens is 6. The normalized spacial score (nSPS) is 13.0. The van der Waals surface area contributed by atoms with Gasteiger partial charge in [0.05, 0.1) is 13.7 Å². The number of ether oxygens (including phenoxy) is 1. The van der Waals surface area contributed by atoms with Gasteiger partial charge in [-0.05, 0) is 125 Å². The highest BCUT2D eigenvalue weighted by atomic mass is 32.2. The number of nitrogens with one attached hydrogen (secondary N) is 1. The maximum absolute atomic E-state index is 11.8. The van der Waals surface area contributed by atoms with E-state index in [-0.39, 0.29) is 11.4 Å². The van der Waals surface area contributed by atoms with E-state index in [1.54, 1.807) is 11.8 Å². The van der Waals surface area contributed by atoms with Gasteiger partial charge in [-0.3, -0.25) is 0 Å². The minimum Gasteiger partial charge on any atom is -0.497 e. The molecule has 20 heteroatoms. The van der Waals surface area contributed by atoms with E-state index in [9.17, 15) is 27.9 Å². The standard InChI is InChI=1S/C27H26N4O3S.C19H18N4O2S.C2HF3O2/c1-30-15-3-4-21-16-20(9-14-24(21)30)19-7-12-23(13-8-19)35-26-25(27(32)33)28-29-31(26)17-18-5-10-22(34-2)11-6-18;1-23-10-2-3-14-11-13(6-9-16(14)23)12-4-7-15(8-5-12)26-18-17(19(24)25)20-22-21-18;3-2(4,5)1(6)7/h5-14,16H,3-4,15,17H2,1-2H3,(H,32,33);4-9,11H,2-3,10H2,1H3,(H,24,25)(H,20,21,22);(H,6,7). The lowest BCUT2D eigenvalue weighted by molar-refractivity contribution is -0.192. The fourth-order valence-electron chi connectivity index (χ4n) is 7.56. The third-order valence-electron chi connectivity index (χ3n) is 11.0. The predicted octanol–water partition coefficient (Wildman–Crippen LogP) is 9.57. The van der Waals surface area contributed by atoms with Crippen LogP contribution in [-0.2, 0) is 24.2 Å². The van der Waals surface area contributed by atoms with E-state index in [1.807, 2.05) is 48.5 Å². The SMILES string of the molecule is CN1CCCc2cc(-c3ccc(Sc4n[nH]nc4C(=O)O)cc3)ccc21.COc1ccc(Cn2nnc(C(=O)O)c2Sc2ccc(-c3ccc4c(c3)CCCN4C)cc2)cc1.O=C(O)C(F)(F)F. The molecule has 0 saturated heterocycles. The lowest BCUT2D eigenvalue weighted by atomic mass is 9.96. The van der Waals surface area contributed by atoms with Crippen LogP contribution in [0.4, 0.5) is 24.5 Å². The number of aryl methyl sites for hydroxylation is 2. The van der Waals surface area contributed by atoms with Gasteiger partial charge in [0.2, 0.25) is 11.4 Å². The number of aromatic amines is 1. The van der Waals surface area contributed by atoms with Crippen molar-refractivity contribution in [1.29, 1.82) is 0 Å². The van der Waals surface area contributed by atoms with E-state index in [0.29, 0.717) is 16.6 Å². The quantitative estimate of drug-likeness (QED) is 0.0955. The van der Waals surface area contributed by atoms with Crippen molar-refractivity contribution in [2.24, 2.45) is 0 Å². The molecule has 0 radical (unpaired) electrons. The number of halogens is 3. The first-order chi connectivity index (χ1) is 32.6. The van der Waals surface area contributed by atoms with Crippen LogP contribution in [-0.4, -0.2) is 104 Å². The van der Waals surface area contributed by atoms with Crippen LogP contribution in [0, 0.1) is 0 Å². The number of aliphatic carboxylic acids is 1. The number of carboxylic acids is 3. The fraction of sp³-hybridized carbons (Fsp3) is 0.229. The molecule has 4 N–H and O–H groups in total. The number of fused-ring (bicyclic) bond motifs is 2. The lowest BCUT2D eigenvalue weighted by Gasteiger charge is -2.27. The minimum absolute atomic E-state index is 0.0496. The molecule has 0 unspecified atom stereocenters. The first-order valence-electron chi connectivity index (χ1n) is 21.1. The molecule has 0 saturated carbocycles. The minimum atomic E-state index is -5.08. The molecule has 0 spiro atoms. The summed E-state index contributed by atoms with van der Waals surface area (Å²) in [5.74, 6) is -4.17. The van der Waals surface area contributed by atoms with Crippen molar-refractivity contribution in [2.75, 3.05) is 44.1 Å². The number of benzene rings is 5. The molecule has 5 aromatic carbocycles. The summed E-state index contributed by atoms with van der Waals surface area (Å²) >= 11 is 2.64. The van der Waals surface area contributed by atoms with Crippen LogP contribution in [0.15, 0.2) is 129 Å². The molecule has 9 rings (SSSR count). The van der Waals surface area contributed by atoms with Crippen LogP contribution >= 0.6 is 23.5 Å². The first kappa shape index (κ1) is 48.6. The molecule has 0 bridgehead atoms. The Balaban J connectivity index is 0.000000182. The second-order valence-electron chi connectivity index (χ2n) is 15.6. The van der Waals surface area contributed by atoms with E-state index >= 15 is 0 Å². The largest absolute Gasteiger partial charge is 0.497 e. The van der Waals surface area contributed by atoms with Crippen molar-refractivity contribution in [3.63, 3.8) is 0 Å². The van der Waals surface area contributed by atoms with Crippen molar-refractivity contribution in [3.05, 3.63) is 137 Å². The monoisotopic (exact) mass is 966 g/mol. The maximum Gasteiger partial charge on any atom is 0.490 e. The summed E-state index contributed by atoms with van der Waals surface area (Å²) in [7, 11) is 5.90. The maximum atomic E-state index is 11.8. The Hall–Kier alpha value is -7.32. The van der Waals surface area contributed by atoms with Crippen molar-refractivity contribution in [2.45, 2.75) is 58.2 Å². The molecule has 0 atom stereocenters. The van der Waals surface area contributed by atoms with Gasteiger partial charge in [0.25, 0.3) is 0 Å². The number of hydrogen-bond donors (Lipinski definition) is 4. The molecule has 15 nitrogen and oxygen atoms in total. The number of anilines is 2. The number of methoxy groups -OCH3 is 1. The summed E-state index contributed by atoms with van der Waals surface area (Å²) in [6.07, 6.45) is -0.505. The third kappa shape index (κ3) is 12.0. The second-order valence-corrected chi connectivity index (χ2v) is 17.8. The zero-order valence-electron chi connectivity index (χ0n) is 36.9. The smallest absolute Gasteiger partial charge is 0.490 e. The summed E-state index contributed by atoms with van der Waals surface area (Å²) in [5.41, 5.74) is 10.9. The Morgan fingerprint density at radius 3 is 1.63 bits per heavy atom. The van der Waals surface area contributed by atoms with Crippen molar-refractivity contribution in [1.82, 2.24) is 30.4 Å². The summed E-state index contributed by atoms with van der Waals surface area (Å²) < 4.78 is 38.6. The van der Waals surface area contributed by atoms with Crippen molar-refractivity contribution < 1.29 is 47.6 Å². The fourth-order valence-corrected chi connectivity index (χ4v) is 9.30. The summed E-state index contributed by atoms with van der Waals surface area (Å²) in [6.45, 7) is 2.62. The van der Waals surface area contributed by atoms with Gasteiger partial charge >= 0.3 is 24.1 Å². The molecule has 0 aliphatic carbocycles. The van der Waals surface area contributed by atoms with Crippen LogP contribution in [0.5, 0.6) is 5.75 Å². The Kier molecular flexibility index (Phi) is 15.4. The summed E-state index contributed by atoms with van der Waals surface area (Å²) in [5, 5.41) is 44.7. The second kappa shape index (κ2) is 21.5. The molecule has 352 valence electrons. The highest BCUT2D eigenvalue weighted by Crippen LogP contribution is 2.36. The zero-order chi connectivity index (χ0) is 48.5. The number of alkyl halides is 3. The molecule has 2 aliphatic rings. The molecular formula is C48H45F3N8O7S2. The molecule has 7 aromatic rings. The number of aromatic carboxylic acids is 2. The van der Waals surface area contributed by atoms with Crippen molar-refractivity contribution in [3.8, 4) is 28.0 Å². The van der Waals surface area contributed by atoms with E-state index in [4.69, 9.17) is 19.7 Å². The van der Waals surface area contributed by atoms with Gasteiger partial charge in [0, 0.05) is 48.4 Å². The summed E-state index contributed by atoms with van der Waals surface area (Å²) in [4.78, 5) is 38.3. The highest BCUT2D eigenvalue weighted by molar-refractivity contribution is 7.99. The topological polar surface area (TPSA) is 200 Å². The lowest BCUT2D eigenvalue weighted by Crippen LogP contribution is -2.24. The molecule has 2 aliphatic heterocycles. The molecule has 0 amide bonds. The molecular weight excluding hydrogens is 922 g/mol. The van der Waals surface area contributed by atoms with Crippen LogP contribution in [0.1, 0.15) is 50.5 Å². The average Bonchev–Trinajstić information content (AvgIpc) is 3.97. The van der Waals surface area contributed by atoms with E-state index < -0.39 is 24.1 Å². The van der Waals surface area contributed by atoms with Crippen LogP contribution < -0.4 is 14.5 Å². The Labute approximate surface area is 397 Å². The Morgan fingerprint density at radius 1 is 0.676 bits per heavy atom. The van der Waals surface area contributed by atoms with Crippen LogP contribution in [0.3, 0.4) is 0 Å². The molecule has 0 fully saturated rings. The van der Waals surface area contributed by atoms with E-state index in [0.717, 1.165) is 58.2 Å². The Morgan fingerprint density at radius 2 is 1.16 bits per heavy atom. The van der Waals surface area contributed by atoms with E-state index in [2.05, 4.69) is 110 Å².